The van der Waals surface area contributed by atoms with E-state index in [4.69, 9.17) is 4.42 Å². The molecule has 2 atom stereocenters. The van der Waals surface area contributed by atoms with Crippen LogP contribution in [0.2, 0.25) is 0 Å². The van der Waals surface area contributed by atoms with Gasteiger partial charge in [-0.05, 0) is 51.9 Å². The van der Waals surface area contributed by atoms with Crippen LogP contribution < -0.4 is 10.6 Å². The van der Waals surface area contributed by atoms with Crippen molar-refractivity contribution in [3.63, 3.8) is 0 Å². The number of furan rings is 1. The summed E-state index contributed by atoms with van der Waals surface area (Å²) in [5, 5.41) is 17.0. The first kappa shape index (κ1) is 20.2. The number of hydrogen-bond donors (Lipinski definition) is 3. The van der Waals surface area contributed by atoms with Crippen molar-refractivity contribution in [2.75, 3.05) is 39.8 Å². The first-order valence-corrected chi connectivity index (χ1v) is 7.98. The minimum absolute atomic E-state index is 0. The number of aliphatic hydroxyl groups is 1. The zero-order valence-electron chi connectivity index (χ0n) is 14.2. The first-order valence-electron chi connectivity index (χ1n) is 7.98. The molecule has 2 unspecified atom stereocenters. The van der Waals surface area contributed by atoms with Crippen LogP contribution in [0.3, 0.4) is 0 Å². The maximum atomic E-state index is 10.4. The molecular weight excluding hydrogens is 407 g/mol. The third-order valence-corrected chi connectivity index (χ3v) is 3.99. The van der Waals surface area contributed by atoms with Gasteiger partial charge in [0.2, 0.25) is 0 Å². The van der Waals surface area contributed by atoms with E-state index < -0.39 is 5.60 Å². The third-order valence-electron chi connectivity index (χ3n) is 3.99. The lowest BCUT2D eigenvalue weighted by Crippen LogP contribution is -2.41. The Morgan fingerprint density at radius 2 is 2.30 bits per heavy atom. The predicted octanol–water partition coefficient (Wildman–Crippen LogP) is 1.61. The zero-order valence-corrected chi connectivity index (χ0v) is 16.5. The Morgan fingerprint density at radius 3 is 2.87 bits per heavy atom. The van der Waals surface area contributed by atoms with Crippen LogP contribution in [0.15, 0.2) is 27.8 Å². The Labute approximate surface area is 155 Å². The quantitative estimate of drug-likeness (QED) is 0.359. The van der Waals surface area contributed by atoms with Crippen LogP contribution in [0.25, 0.3) is 0 Å². The molecule has 1 fully saturated rings. The van der Waals surface area contributed by atoms with Crippen LogP contribution >= 0.6 is 24.0 Å². The van der Waals surface area contributed by atoms with Gasteiger partial charge in [0.05, 0.1) is 12.8 Å². The van der Waals surface area contributed by atoms with E-state index in [-0.39, 0.29) is 30.5 Å². The molecule has 1 aromatic heterocycles. The van der Waals surface area contributed by atoms with Crippen molar-refractivity contribution < 1.29 is 9.52 Å². The Bertz CT molecular complexity index is 476. The Kier molecular flexibility index (Phi) is 8.35. The van der Waals surface area contributed by atoms with Gasteiger partial charge in [0, 0.05) is 19.6 Å². The average Bonchev–Trinajstić information content (AvgIpc) is 3.13. The average molecular weight is 436 g/mol. The minimum atomic E-state index is -1.10. The molecule has 0 aromatic carbocycles. The number of nitrogens with zero attached hydrogens (tertiary/aromatic N) is 2. The van der Waals surface area contributed by atoms with E-state index in [0.717, 1.165) is 32.1 Å². The number of guanidine groups is 1. The van der Waals surface area contributed by atoms with Gasteiger partial charge >= 0.3 is 0 Å². The number of rotatable bonds is 6. The smallest absolute Gasteiger partial charge is 0.191 e. The molecule has 0 bridgehead atoms. The summed E-state index contributed by atoms with van der Waals surface area (Å²) in [6, 6.07) is 3.54. The van der Waals surface area contributed by atoms with Crippen molar-refractivity contribution in [2.24, 2.45) is 10.9 Å². The number of likely N-dealkylation sites (tertiary alicyclic amines) is 1. The van der Waals surface area contributed by atoms with Crippen LogP contribution in [-0.4, -0.2) is 55.7 Å². The molecule has 1 saturated heterocycles. The first-order chi connectivity index (χ1) is 10.5. The molecule has 1 aliphatic rings. The summed E-state index contributed by atoms with van der Waals surface area (Å²) in [6.45, 7) is 7.97. The Morgan fingerprint density at radius 1 is 1.52 bits per heavy atom. The summed E-state index contributed by atoms with van der Waals surface area (Å²) in [4.78, 5) is 6.84. The van der Waals surface area contributed by atoms with E-state index in [2.05, 4.69) is 27.6 Å². The molecule has 2 heterocycles. The van der Waals surface area contributed by atoms with E-state index in [1.807, 2.05) is 6.92 Å². The second kappa shape index (κ2) is 9.48. The SMILES string of the molecule is CCNC(=NCC(C)(O)c1ccco1)NCC1CCN(C)C1.I. The van der Waals surface area contributed by atoms with Crippen LogP contribution in [0.5, 0.6) is 0 Å². The normalized spacial score (nSPS) is 21.6. The highest BCUT2D eigenvalue weighted by Crippen LogP contribution is 2.21. The molecule has 0 amide bonds. The van der Waals surface area contributed by atoms with Gasteiger partial charge < -0.3 is 25.1 Å². The molecule has 3 N–H and O–H groups in total. The van der Waals surface area contributed by atoms with Crippen molar-refractivity contribution in [1.29, 1.82) is 0 Å². The van der Waals surface area contributed by atoms with Crippen molar-refractivity contribution in [3.8, 4) is 0 Å². The second-order valence-electron chi connectivity index (χ2n) is 6.24. The molecule has 2 rings (SSSR count). The van der Waals surface area contributed by atoms with Crippen LogP contribution in [0.1, 0.15) is 26.0 Å². The molecule has 23 heavy (non-hydrogen) atoms. The fourth-order valence-corrected chi connectivity index (χ4v) is 2.67. The monoisotopic (exact) mass is 436 g/mol. The standard InChI is InChI=1S/C16H28N4O2.HI/c1-4-17-15(18-10-13-7-8-20(3)11-13)19-12-16(2,21)14-6-5-9-22-14;/h5-6,9,13,21H,4,7-8,10-12H2,1-3H3,(H2,17,18,19);1H. The van der Waals surface area contributed by atoms with E-state index in [1.54, 1.807) is 25.3 Å². The van der Waals surface area contributed by atoms with Gasteiger partial charge in [-0.1, -0.05) is 0 Å². The minimum Gasteiger partial charge on any atom is -0.466 e. The van der Waals surface area contributed by atoms with Crippen molar-refractivity contribution in [3.05, 3.63) is 24.2 Å². The highest BCUT2D eigenvalue weighted by Gasteiger charge is 2.26. The lowest BCUT2D eigenvalue weighted by atomic mass is 10.0. The van der Waals surface area contributed by atoms with Crippen LogP contribution in [0.4, 0.5) is 0 Å². The van der Waals surface area contributed by atoms with E-state index in [9.17, 15) is 5.11 Å². The molecule has 132 valence electrons. The molecule has 0 aliphatic carbocycles. The maximum absolute atomic E-state index is 10.4. The largest absolute Gasteiger partial charge is 0.466 e. The van der Waals surface area contributed by atoms with Crippen molar-refractivity contribution in [1.82, 2.24) is 15.5 Å². The summed E-state index contributed by atoms with van der Waals surface area (Å²) in [5.41, 5.74) is -1.10. The van der Waals surface area contributed by atoms with E-state index >= 15 is 0 Å². The number of halogens is 1. The topological polar surface area (TPSA) is 73.0 Å². The number of aliphatic imine (C=N–C) groups is 1. The zero-order chi connectivity index (χ0) is 16.0. The fraction of sp³-hybridized carbons (Fsp3) is 0.688. The fourth-order valence-electron chi connectivity index (χ4n) is 2.67. The summed E-state index contributed by atoms with van der Waals surface area (Å²) >= 11 is 0. The van der Waals surface area contributed by atoms with Gasteiger partial charge in [-0.15, -0.1) is 24.0 Å². The van der Waals surface area contributed by atoms with Gasteiger partial charge in [-0.25, -0.2) is 4.99 Å². The Balaban J connectivity index is 0.00000264. The molecule has 0 spiro atoms. The molecule has 0 saturated carbocycles. The molecule has 0 radical (unpaired) electrons. The van der Waals surface area contributed by atoms with Gasteiger partial charge in [0.15, 0.2) is 5.96 Å². The molecule has 7 heteroatoms. The Hall–Kier alpha value is -0.800. The third kappa shape index (κ3) is 6.31. The van der Waals surface area contributed by atoms with Crippen molar-refractivity contribution in [2.45, 2.75) is 25.9 Å². The molecule has 1 aromatic rings. The van der Waals surface area contributed by atoms with Crippen LogP contribution in [-0.2, 0) is 5.60 Å². The maximum Gasteiger partial charge on any atom is 0.191 e. The van der Waals surface area contributed by atoms with Gasteiger partial charge in [-0.3, -0.25) is 0 Å². The summed E-state index contributed by atoms with van der Waals surface area (Å²) < 4.78 is 5.28. The highest BCUT2D eigenvalue weighted by molar-refractivity contribution is 14.0. The van der Waals surface area contributed by atoms with Crippen molar-refractivity contribution >= 4 is 29.9 Å². The highest BCUT2D eigenvalue weighted by atomic mass is 127. The lowest BCUT2D eigenvalue weighted by molar-refractivity contribution is 0.0437. The number of nitrogens with one attached hydrogen (secondary N) is 2. The van der Waals surface area contributed by atoms with Gasteiger partial charge in [0.1, 0.15) is 11.4 Å². The molecular formula is C16H29IN4O2. The van der Waals surface area contributed by atoms with Gasteiger partial charge in [-0.2, -0.15) is 0 Å². The van der Waals surface area contributed by atoms with Crippen LogP contribution in [0, 0.1) is 5.92 Å². The molecule has 6 nitrogen and oxygen atoms in total. The lowest BCUT2D eigenvalue weighted by Gasteiger charge is -2.20. The summed E-state index contributed by atoms with van der Waals surface area (Å²) in [6.07, 6.45) is 2.78. The van der Waals surface area contributed by atoms with Gasteiger partial charge in [0.25, 0.3) is 0 Å². The summed E-state index contributed by atoms with van der Waals surface area (Å²) in [5.74, 6) is 1.92. The van der Waals surface area contributed by atoms with E-state index in [0.29, 0.717) is 11.7 Å². The second-order valence-corrected chi connectivity index (χ2v) is 6.24. The number of hydrogen-bond acceptors (Lipinski definition) is 4. The molecule has 1 aliphatic heterocycles. The predicted molar refractivity (Wildman–Crippen MR) is 103 cm³/mol. The summed E-state index contributed by atoms with van der Waals surface area (Å²) in [7, 11) is 2.15. The van der Waals surface area contributed by atoms with E-state index in [1.165, 1.54) is 6.42 Å².